The van der Waals surface area contributed by atoms with E-state index in [1.54, 1.807) is 23.9 Å². The van der Waals surface area contributed by atoms with Crippen molar-refractivity contribution in [1.29, 1.82) is 0 Å². The number of aliphatic hydroxyl groups is 1. The van der Waals surface area contributed by atoms with Crippen LogP contribution in [0.2, 0.25) is 0 Å². The molecule has 2 aromatic heterocycles. The Balaban J connectivity index is 2.33. The third-order valence-corrected chi connectivity index (χ3v) is 2.87. The summed E-state index contributed by atoms with van der Waals surface area (Å²) in [6, 6.07) is 3.85. The van der Waals surface area contributed by atoms with Crippen molar-refractivity contribution < 1.29 is 5.11 Å². The van der Waals surface area contributed by atoms with Crippen molar-refractivity contribution in [1.82, 2.24) is 9.55 Å². The first-order valence-electron chi connectivity index (χ1n) is 3.96. The van der Waals surface area contributed by atoms with Crippen LogP contribution in [-0.4, -0.2) is 14.7 Å². The van der Waals surface area contributed by atoms with Gasteiger partial charge in [-0.2, -0.15) is 0 Å². The highest BCUT2D eigenvalue weighted by molar-refractivity contribution is 7.10. The summed E-state index contributed by atoms with van der Waals surface area (Å²) in [5, 5.41) is 11.9. The summed E-state index contributed by atoms with van der Waals surface area (Å²) in [6.45, 7) is 0. The molecule has 0 spiro atoms. The fraction of sp³-hybridized carbons (Fsp3) is 0.222. The normalized spacial score (nSPS) is 13.1. The maximum absolute atomic E-state index is 9.90. The molecule has 3 nitrogen and oxygen atoms in total. The Morgan fingerprint density at radius 1 is 1.62 bits per heavy atom. The molecular formula is C9H10N2OS. The van der Waals surface area contributed by atoms with Crippen LogP contribution >= 0.6 is 11.3 Å². The van der Waals surface area contributed by atoms with Crippen LogP contribution in [0.1, 0.15) is 16.7 Å². The molecule has 13 heavy (non-hydrogen) atoms. The van der Waals surface area contributed by atoms with E-state index < -0.39 is 6.10 Å². The highest BCUT2D eigenvalue weighted by Gasteiger charge is 2.13. The van der Waals surface area contributed by atoms with Crippen LogP contribution in [0.4, 0.5) is 0 Å². The Morgan fingerprint density at radius 2 is 2.46 bits per heavy atom. The fourth-order valence-corrected chi connectivity index (χ4v) is 1.94. The summed E-state index contributed by atoms with van der Waals surface area (Å²) in [6.07, 6.45) is 2.82. The zero-order valence-electron chi connectivity index (χ0n) is 7.21. The van der Waals surface area contributed by atoms with Crippen LogP contribution < -0.4 is 0 Å². The molecule has 0 bridgehead atoms. The number of rotatable bonds is 2. The molecule has 0 saturated carbocycles. The summed E-state index contributed by atoms with van der Waals surface area (Å²) in [4.78, 5) is 4.91. The van der Waals surface area contributed by atoms with E-state index in [0.29, 0.717) is 0 Å². The molecule has 2 rings (SSSR count). The quantitative estimate of drug-likeness (QED) is 0.788. The van der Waals surface area contributed by atoms with E-state index >= 15 is 0 Å². The smallest absolute Gasteiger partial charge is 0.130 e. The first kappa shape index (κ1) is 8.47. The van der Waals surface area contributed by atoms with E-state index in [1.807, 2.05) is 29.1 Å². The van der Waals surface area contributed by atoms with E-state index in [4.69, 9.17) is 0 Å². The third-order valence-electron chi connectivity index (χ3n) is 1.95. The molecular weight excluding hydrogens is 184 g/mol. The van der Waals surface area contributed by atoms with Crippen LogP contribution in [-0.2, 0) is 7.05 Å². The van der Waals surface area contributed by atoms with E-state index in [1.165, 1.54) is 0 Å². The lowest BCUT2D eigenvalue weighted by atomic mass is 10.2. The van der Waals surface area contributed by atoms with Gasteiger partial charge in [-0.05, 0) is 11.4 Å². The minimum absolute atomic E-state index is 0.549. The molecule has 0 aliphatic heterocycles. The zero-order valence-corrected chi connectivity index (χ0v) is 8.03. The molecule has 0 aromatic carbocycles. The van der Waals surface area contributed by atoms with E-state index in [-0.39, 0.29) is 0 Å². The molecule has 1 atom stereocenters. The van der Waals surface area contributed by atoms with Gasteiger partial charge in [-0.1, -0.05) is 6.07 Å². The van der Waals surface area contributed by atoms with Gasteiger partial charge in [0.2, 0.25) is 0 Å². The van der Waals surface area contributed by atoms with Crippen molar-refractivity contribution in [3.05, 3.63) is 40.6 Å². The average molecular weight is 194 g/mol. The summed E-state index contributed by atoms with van der Waals surface area (Å²) in [5.41, 5.74) is 0.822. The lowest BCUT2D eigenvalue weighted by Gasteiger charge is -2.08. The Kier molecular flexibility index (Phi) is 2.16. The third kappa shape index (κ3) is 1.50. The van der Waals surface area contributed by atoms with Gasteiger partial charge in [-0.3, -0.25) is 0 Å². The molecule has 4 heteroatoms. The molecule has 0 aliphatic carbocycles. The van der Waals surface area contributed by atoms with Gasteiger partial charge in [0, 0.05) is 11.9 Å². The summed E-state index contributed by atoms with van der Waals surface area (Å²) in [7, 11) is 1.87. The van der Waals surface area contributed by atoms with Crippen LogP contribution in [0.15, 0.2) is 30.0 Å². The van der Waals surface area contributed by atoms with Crippen molar-refractivity contribution in [3.8, 4) is 0 Å². The van der Waals surface area contributed by atoms with Gasteiger partial charge in [0.1, 0.15) is 6.10 Å². The molecule has 2 heterocycles. The van der Waals surface area contributed by atoms with Crippen LogP contribution in [0.25, 0.3) is 0 Å². The highest BCUT2D eigenvalue weighted by Crippen LogP contribution is 2.24. The Hall–Kier alpha value is -1.13. The number of nitrogens with zero attached hydrogens (tertiary/aromatic N) is 2. The minimum Gasteiger partial charge on any atom is -0.381 e. The molecule has 0 saturated heterocycles. The van der Waals surface area contributed by atoms with Gasteiger partial charge in [-0.25, -0.2) is 4.98 Å². The maximum atomic E-state index is 9.90. The number of hydrogen-bond acceptors (Lipinski definition) is 3. The Bertz CT molecular complexity index is 380. The first-order chi connectivity index (χ1) is 6.29. The predicted octanol–water partition coefficient (Wildman–Crippen LogP) is 1.56. The van der Waals surface area contributed by atoms with Crippen LogP contribution in [0.3, 0.4) is 0 Å². The molecule has 1 N–H and O–H groups in total. The zero-order chi connectivity index (χ0) is 9.26. The number of imidazole rings is 1. The molecule has 68 valence electrons. The molecule has 1 unspecified atom stereocenters. The number of aryl methyl sites for hydroxylation is 1. The van der Waals surface area contributed by atoms with Crippen molar-refractivity contribution in [2.75, 3.05) is 0 Å². The van der Waals surface area contributed by atoms with E-state index in [2.05, 4.69) is 4.98 Å². The van der Waals surface area contributed by atoms with E-state index in [0.717, 1.165) is 10.6 Å². The number of aliphatic hydroxyl groups excluding tert-OH is 1. The lowest BCUT2D eigenvalue weighted by Crippen LogP contribution is -2.02. The highest BCUT2D eigenvalue weighted by atomic mass is 32.1. The number of aromatic nitrogens is 2. The van der Waals surface area contributed by atoms with Crippen LogP contribution in [0.5, 0.6) is 0 Å². The van der Waals surface area contributed by atoms with Gasteiger partial charge >= 0.3 is 0 Å². The second kappa shape index (κ2) is 3.32. The van der Waals surface area contributed by atoms with Gasteiger partial charge in [0.25, 0.3) is 0 Å². The topological polar surface area (TPSA) is 38.0 Å². The first-order valence-corrected chi connectivity index (χ1v) is 4.84. The van der Waals surface area contributed by atoms with Gasteiger partial charge < -0.3 is 9.67 Å². The second-order valence-electron chi connectivity index (χ2n) is 2.85. The molecule has 0 radical (unpaired) electrons. The Morgan fingerprint density at radius 3 is 3.00 bits per heavy atom. The Labute approximate surface area is 80.3 Å². The van der Waals surface area contributed by atoms with Crippen molar-refractivity contribution in [2.24, 2.45) is 7.05 Å². The predicted molar refractivity (Wildman–Crippen MR) is 51.6 cm³/mol. The van der Waals surface area contributed by atoms with Crippen LogP contribution in [0, 0.1) is 0 Å². The molecule has 0 amide bonds. The fourth-order valence-electron chi connectivity index (χ4n) is 1.22. The van der Waals surface area contributed by atoms with Gasteiger partial charge in [-0.15, -0.1) is 11.3 Å². The molecule has 0 fully saturated rings. The minimum atomic E-state index is -0.549. The molecule has 0 aliphatic rings. The maximum Gasteiger partial charge on any atom is 0.130 e. The van der Waals surface area contributed by atoms with Gasteiger partial charge in [0.15, 0.2) is 0 Å². The lowest BCUT2D eigenvalue weighted by molar-refractivity contribution is 0.215. The van der Waals surface area contributed by atoms with Gasteiger partial charge in [0.05, 0.1) is 18.2 Å². The number of thiophene rings is 1. The average Bonchev–Trinajstić information content (AvgIpc) is 2.72. The van der Waals surface area contributed by atoms with Crippen molar-refractivity contribution in [3.63, 3.8) is 0 Å². The largest absolute Gasteiger partial charge is 0.381 e. The monoisotopic (exact) mass is 194 g/mol. The summed E-state index contributed by atoms with van der Waals surface area (Å²) < 4.78 is 1.82. The van der Waals surface area contributed by atoms with Crippen molar-refractivity contribution in [2.45, 2.75) is 6.10 Å². The molecule has 2 aromatic rings. The summed E-state index contributed by atoms with van der Waals surface area (Å²) in [5.74, 6) is 0. The number of hydrogen-bond donors (Lipinski definition) is 1. The summed E-state index contributed by atoms with van der Waals surface area (Å²) >= 11 is 1.55. The standard InChI is InChI=1S/C9H10N2OS/c1-11-6-10-5-7(11)9(12)8-3-2-4-13-8/h2-6,9,12H,1H3. The SMILES string of the molecule is Cn1cncc1C(O)c1cccs1. The second-order valence-corrected chi connectivity index (χ2v) is 3.83. The van der Waals surface area contributed by atoms with E-state index in [9.17, 15) is 5.11 Å². The van der Waals surface area contributed by atoms with Crippen molar-refractivity contribution >= 4 is 11.3 Å².